The van der Waals surface area contributed by atoms with Gasteiger partial charge in [-0.3, -0.25) is 0 Å². The van der Waals surface area contributed by atoms with Crippen molar-refractivity contribution in [2.75, 3.05) is 24.6 Å². The van der Waals surface area contributed by atoms with Crippen molar-refractivity contribution < 1.29 is 24.1 Å². The third-order valence-electron chi connectivity index (χ3n) is 9.27. The van der Waals surface area contributed by atoms with Crippen molar-refractivity contribution in [3.05, 3.63) is 65.4 Å². The number of carboxylic acids is 1. The van der Waals surface area contributed by atoms with Gasteiger partial charge < -0.3 is 24.2 Å². The number of hydrogen-bond acceptors (Lipinski definition) is 7. The molecule has 0 aliphatic carbocycles. The highest BCUT2D eigenvalue weighted by atomic mass is 16.5. The zero-order valence-electron chi connectivity index (χ0n) is 28.8. The number of fused-ring (bicyclic) bond motifs is 8. The Hall–Kier alpha value is -3.95. The number of aliphatic carboxylic acids is 1. The van der Waals surface area contributed by atoms with Crippen LogP contribution in [-0.4, -0.2) is 62.7 Å². The van der Waals surface area contributed by atoms with E-state index in [0.717, 1.165) is 65.8 Å². The number of carbonyl (C=O) groups is 1. The molecule has 5 heterocycles. The summed E-state index contributed by atoms with van der Waals surface area (Å²) >= 11 is 0. The molecule has 2 aromatic carbocycles. The third kappa shape index (κ3) is 7.16. The number of rotatable bonds is 3. The fraction of sp³-hybridized carbons (Fsp3) is 0.500. The van der Waals surface area contributed by atoms with E-state index < -0.39 is 17.7 Å². The van der Waals surface area contributed by atoms with Gasteiger partial charge in [0, 0.05) is 42.6 Å². The van der Waals surface area contributed by atoms with Crippen LogP contribution in [0.5, 0.6) is 5.75 Å². The van der Waals surface area contributed by atoms with E-state index in [0.29, 0.717) is 42.4 Å². The number of anilines is 1. The molecule has 9 heteroatoms. The van der Waals surface area contributed by atoms with E-state index in [4.69, 9.17) is 24.3 Å². The Balaban J connectivity index is 1.53. The van der Waals surface area contributed by atoms with Gasteiger partial charge in [0.2, 0.25) is 0 Å². The van der Waals surface area contributed by atoms with Crippen LogP contribution >= 0.6 is 0 Å². The minimum atomic E-state index is -1.21. The van der Waals surface area contributed by atoms with Gasteiger partial charge in [0.05, 0.1) is 28.6 Å². The van der Waals surface area contributed by atoms with Crippen LogP contribution < -0.4 is 9.64 Å². The summed E-state index contributed by atoms with van der Waals surface area (Å²) in [4.78, 5) is 20.0. The number of benzene rings is 2. The van der Waals surface area contributed by atoms with Gasteiger partial charge in [-0.05, 0) is 104 Å². The first kappa shape index (κ1) is 33.0. The van der Waals surface area contributed by atoms with Crippen LogP contribution in [-0.2, 0) is 14.3 Å². The smallest absolute Gasteiger partial charge is 0.337 e. The topological polar surface area (TPSA) is 98.4 Å². The molecule has 3 aliphatic heterocycles. The minimum absolute atomic E-state index is 0.0698. The van der Waals surface area contributed by atoms with E-state index in [2.05, 4.69) is 62.1 Å². The first-order valence-corrected chi connectivity index (χ1v) is 16.9. The van der Waals surface area contributed by atoms with Crippen molar-refractivity contribution in [1.29, 1.82) is 0 Å². The first-order valence-electron chi connectivity index (χ1n) is 16.9. The van der Waals surface area contributed by atoms with Gasteiger partial charge >= 0.3 is 5.97 Å². The standard InChI is InChI=1S/C38H48N4O5/c1-24-14-15-29-27-12-10-13-28(22-27)30-23-32-39-26(3)33(34(36(43)44)47-37(4,5)6)35(42(32)40-30)41-18-16-38(7,17-19-41)45-20-9-8-11-25(2)46-31(29)21-24/h10,12-15,21-23,25,34H,8-9,11,16-20H2,1-7H3,(H,43,44)/t25-,34-/m0/s1. The molecule has 250 valence electrons. The quantitative estimate of drug-likeness (QED) is 0.241. The molecular formula is C38H48N4O5. The normalized spacial score (nSPS) is 21.3. The van der Waals surface area contributed by atoms with Gasteiger partial charge in [-0.25, -0.2) is 9.78 Å². The Morgan fingerprint density at radius 2 is 1.81 bits per heavy atom. The van der Waals surface area contributed by atoms with Gasteiger partial charge in [0.15, 0.2) is 11.8 Å². The Kier molecular flexibility index (Phi) is 9.06. The van der Waals surface area contributed by atoms with E-state index in [1.165, 1.54) is 0 Å². The predicted octanol–water partition coefficient (Wildman–Crippen LogP) is 7.95. The molecule has 47 heavy (non-hydrogen) atoms. The van der Waals surface area contributed by atoms with Crippen molar-refractivity contribution in [3.63, 3.8) is 0 Å². The number of carboxylic acid groups (broad SMARTS) is 1. The van der Waals surface area contributed by atoms with Gasteiger partial charge in [-0.15, -0.1) is 0 Å². The summed E-state index contributed by atoms with van der Waals surface area (Å²) in [5.41, 5.74) is 5.76. The second-order valence-electron chi connectivity index (χ2n) is 14.5. The molecule has 4 aromatic rings. The van der Waals surface area contributed by atoms with Crippen LogP contribution in [0.25, 0.3) is 28.0 Å². The number of piperidine rings is 1. The number of ether oxygens (including phenoxy) is 3. The van der Waals surface area contributed by atoms with E-state index in [1.807, 2.05) is 44.3 Å². The average Bonchev–Trinajstić information content (AvgIpc) is 3.43. The summed E-state index contributed by atoms with van der Waals surface area (Å²) in [6.45, 7) is 16.0. The molecule has 0 saturated carbocycles. The van der Waals surface area contributed by atoms with Crippen molar-refractivity contribution in [3.8, 4) is 28.1 Å². The van der Waals surface area contributed by atoms with Gasteiger partial charge in [-0.2, -0.15) is 9.61 Å². The fourth-order valence-corrected chi connectivity index (χ4v) is 6.73. The first-order chi connectivity index (χ1) is 22.3. The minimum Gasteiger partial charge on any atom is -0.490 e. The predicted molar refractivity (Wildman–Crippen MR) is 184 cm³/mol. The maximum atomic E-state index is 12.8. The Labute approximate surface area is 277 Å². The van der Waals surface area contributed by atoms with E-state index in [-0.39, 0.29) is 11.7 Å². The van der Waals surface area contributed by atoms with Crippen LogP contribution in [0.4, 0.5) is 5.82 Å². The lowest BCUT2D eigenvalue weighted by Crippen LogP contribution is -2.46. The molecule has 6 bridgehead atoms. The molecule has 0 radical (unpaired) electrons. The lowest BCUT2D eigenvalue weighted by Gasteiger charge is -2.41. The van der Waals surface area contributed by atoms with Crippen molar-refractivity contribution in [2.45, 2.75) is 104 Å². The number of hydrogen-bond donors (Lipinski definition) is 1. The summed E-state index contributed by atoms with van der Waals surface area (Å²) in [6.07, 6.45) is 3.39. The summed E-state index contributed by atoms with van der Waals surface area (Å²) < 4.78 is 21.1. The molecule has 1 fully saturated rings. The SMILES string of the molecule is Cc1ccc2c(c1)O[C@@H](C)CCCCOC1(C)CCN(CC1)c1c([C@H](OC(C)(C)C)C(=O)O)c(C)nc3cc(nn13)-c1cccc-2c1. The summed E-state index contributed by atoms with van der Waals surface area (Å²) in [5, 5.41) is 15.6. The van der Waals surface area contributed by atoms with Crippen LogP contribution in [0.15, 0.2) is 48.5 Å². The van der Waals surface area contributed by atoms with Crippen LogP contribution in [0.3, 0.4) is 0 Å². The van der Waals surface area contributed by atoms with E-state index in [9.17, 15) is 9.90 Å². The van der Waals surface area contributed by atoms with Crippen molar-refractivity contribution in [1.82, 2.24) is 14.6 Å². The van der Waals surface area contributed by atoms with Gasteiger partial charge in [0.25, 0.3) is 0 Å². The maximum Gasteiger partial charge on any atom is 0.337 e. The molecule has 3 aliphatic rings. The molecule has 7 rings (SSSR count). The second kappa shape index (κ2) is 12.9. The highest BCUT2D eigenvalue weighted by Crippen LogP contribution is 2.39. The summed E-state index contributed by atoms with van der Waals surface area (Å²) in [7, 11) is 0. The average molecular weight is 641 g/mol. The molecule has 0 spiro atoms. The largest absolute Gasteiger partial charge is 0.490 e. The molecule has 0 unspecified atom stereocenters. The Morgan fingerprint density at radius 1 is 1.06 bits per heavy atom. The van der Waals surface area contributed by atoms with E-state index in [1.54, 1.807) is 0 Å². The zero-order chi connectivity index (χ0) is 33.5. The molecule has 1 saturated heterocycles. The van der Waals surface area contributed by atoms with Crippen LogP contribution in [0.2, 0.25) is 0 Å². The fourth-order valence-electron chi connectivity index (χ4n) is 6.73. The summed E-state index contributed by atoms with van der Waals surface area (Å²) in [5.74, 6) is 0.532. The zero-order valence-corrected chi connectivity index (χ0v) is 28.8. The van der Waals surface area contributed by atoms with Crippen molar-refractivity contribution in [2.24, 2.45) is 0 Å². The second-order valence-corrected chi connectivity index (χ2v) is 14.5. The molecule has 1 N–H and O–H groups in total. The molecule has 0 amide bonds. The highest BCUT2D eigenvalue weighted by Gasteiger charge is 2.38. The maximum absolute atomic E-state index is 12.8. The number of aromatic nitrogens is 3. The molecule has 2 aromatic heterocycles. The van der Waals surface area contributed by atoms with Gasteiger partial charge in [-0.1, -0.05) is 30.3 Å². The van der Waals surface area contributed by atoms with E-state index >= 15 is 0 Å². The lowest BCUT2D eigenvalue weighted by molar-refractivity contribution is -0.160. The monoisotopic (exact) mass is 640 g/mol. The Bertz CT molecular complexity index is 1770. The van der Waals surface area contributed by atoms with Crippen LogP contribution in [0, 0.1) is 13.8 Å². The Morgan fingerprint density at radius 3 is 2.53 bits per heavy atom. The molecule has 2 atom stereocenters. The van der Waals surface area contributed by atoms with Gasteiger partial charge in [0.1, 0.15) is 11.6 Å². The highest BCUT2D eigenvalue weighted by molar-refractivity contribution is 5.80. The number of nitrogens with zero attached hydrogens (tertiary/aromatic N) is 4. The van der Waals surface area contributed by atoms with Crippen LogP contribution in [0.1, 0.15) is 89.6 Å². The lowest BCUT2D eigenvalue weighted by atomic mass is 9.92. The summed E-state index contributed by atoms with van der Waals surface area (Å²) in [6, 6.07) is 16.7. The molecular weight excluding hydrogens is 592 g/mol. The number of aryl methyl sites for hydroxylation is 2. The van der Waals surface area contributed by atoms with Crippen molar-refractivity contribution >= 4 is 17.4 Å². The third-order valence-corrected chi connectivity index (χ3v) is 9.27. The molecule has 9 nitrogen and oxygen atoms in total.